The zero-order valence-corrected chi connectivity index (χ0v) is 21.8. The molecule has 1 aromatic rings. The number of rotatable bonds is 8. The van der Waals surface area contributed by atoms with Gasteiger partial charge in [-0.3, -0.25) is 9.89 Å². The molecule has 0 aromatic heterocycles. The lowest BCUT2D eigenvalue weighted by molar-refractivity contribution is 0.321. The Balaban J connectivity index is 0.00000450. The van der Waals surface area contributed by atoms with Gasteiger partial charge in [0.05, 0.1) is 19.0 Å². The lowest BCUT2D eigenvalue weighted by Crippen LogP contribution is -2.50. The van der Waals surface area contributed by atoms with Crippen LogP contribution in [0.2, 0.25) is 0 Å². The third-order valence-electron chi connectivity index (χ3n) is 5.34. The van der Waals surface area contributed by atoms with E-state index >= 15 is 0 Å². The van der Waals surface area contributed by atoms with Crippen LogP contribution in [0.25, 0.3) is 0 Å². The van der Waals surface area contributed by atoms with E-state index in [1.54, 1.807) is 35.1 Å². The van der Waals surface area contributed by atoms with Gasteiger partial charge in [-0.05, 0) is 38.0 Å². The molecule has 1 saturated heterocycles. The molecule has 30 heavy (non-hydrogen) atoms. The van der Waals surface area contributed by atoms with Crippen molar-refractivity contribution in [3.05, 3.63) is 23.8 Å². The second-order valence-corrected chi connectivity index (χ2v) is 10.7. The molecule has 1 aliphatic rings. The van der Waals surface area contributed by atoms with E-state index in [0.717, 1.165) is 43.1 Å². The summed E-state index contributed by atoms with van der Waals surface area (Å²) in [5.74, 6) is 2.19. The average molecular weight is 554 g/mol. The Kier molecular flexibility index (Phi) is 10.2. The second kappa shape index (κ2) is 11.4. The van der Waals surface area contributed by atoms with Gasteiger partial charge in [0.2, 0.25) is 0 Å². The lowest BCUT2D eigenvalue weighted by atomic mass is 10.2. The van der Waals surface area contributed by atoms with Crippen molar-refractivity contribution in [2.24, 2.45) is 4.99 Å². The first-order chi connectivity index (χ1) is 13.6. The number of halogens is 1. The summed E-state index contributed by atoms with van der Waals surface area (Å²) in [6.07, 6.45) is 2.24. The Morgan fingerprint density at radius 2 is 1.83 bits per heavy atom. The van der Waals surface area contributed by atoms with Crippen molar-refractivity contribution in [1.29, 1.82) is 0 Å². The zero-order chi connectivity index (χ0) is 21.7. The zero-order valence-electron chi connectivity index (χ0n) is 18.7. The van der Waals surface area contributed by atoms with Gasteiger partial charge in [-0.25, -0.2) is 8.42 Å². The molecular weight excluding hydrogens is 519 g/mol. The number of methoxy groups -OCH3 is 2. The fourth-order valence-electron chi connectivity index (χ4n) is 3.13. The highest BCUT2D eigenvalue weighted by atomic mass is 127. The Hall–Kier alpha value is -1.27. The van der Waals surface area contributed by atoms with Gasteiger partial charge in [0.15, 0.2) is 15.8 Å². The van der Waals surface area contributed by atoms with Crippen molar-refractivity contribution in [2.75, 3.05) is 47.2 Å². The molecule has 1 fully saturated rings. The maximum Gasteiger partial charge on any atom is 0.191 e. The number of hydrogen-bond donors (Lipinski definition) is 2. The van der Waals surface area contributed by atoms with Crippen LogP contribution in [0, 0.1) is 0 Å². The molecule has 2 rings (SSSR count). The van der Waals surface area contributed by atoms with Crippen LogP contribution in [0.1, 0.15) is 25.8 Å². The maximum atomic E-state index is 11.9. The summed E-state index contributed by atoms with van der Waals surface area (Å²) in [5.41, 5.74) is 1.14. The number of nitrogens with one attached hydrogen (secondary N) is 2. The van der Waals surface area contributed by atoms with Crippen molar-refractivity contribution in [3.63, 3.8) is 0 Å². The molecule has 0 saturated carbocycles. The average Bonchev–Trinajstić information content (AvgIpc) is 3.10. The molecule has 1 heterocycles. The molecule has 2 N–H and O–H groups in total. The van der Waals surface area contributed by atoms with Crippen molar-refractivity contribution in [3.8, 4) is 11.5 Å². The molecule has 0 spiro atoms. The van der Waals surface area contributed by atoms with Gasteiger partial charge in [-0.1, -0.05) is 0 Å². The quantitative estimate of drug-likeness (QED) is 0.288. The van der Waals surface area contributed by atoms with Gasteiger partial charge in [-0.2, -0.15) is 0 Å². The number of aliphatic imine (C=N–C) groups is 1. The number of benzene rings is 1. The van der Waals surface area contributed by atoms with E-state index in [0.29, 0.717) is 12.5 Å². The molecule has 0 aliphatic carbocycles. The minimum absolute atomic E-state index is 0. The van der Waals surface area contributed by atoms with E-state index in [-0.39, 0.29) is 30.0 Å². The summed E-state index contributed by atoms with van der Waals surface area (Å²) in [7, 11) is 1.83. The minimum Gasteiger partial charge on any atom is -0.497 e. The predicted molar refractivity (Wildman–Crippen MR) is 132 cm³/mol. The highest BCUT2D eigenvalue weighted by Gasteiger charge is 2.31. The van der Waals surface area contributed by atoms with Gasteiger partial charge in [-0.15, -0.1) is 24.0 Å². The maximum absolute atomic E-state index is 11.9. The minimum atomic E-state index is -3.16. The number of likely N-dealkylation sites (tertiary alicyclic amines) is 1. The van der Waals surface area contributed by atoms with Crippen molar-refractivity contribution in [2.45, 2.75) is 37.6 Å². The molecule has 1 atom stereocenters. The molecular formula is C20H35IN4O4S. The Morgan fingerprint density at radius 1 is 1.23 bits per heavy atom. The summed E-state index contributed by atoms with van der Waals surface area (Å²) < 4.78 is 33.6. The highest BCUT2D eigenvalue weighted by molar-refractivity contribution is 14.0. The third-order valence-corrected chi connectivity index (χ3v) is 7.49. The summed E-state index contributed by atoms with van der Waals surface area (Å²) in [6.45, 7) is 6.35. The molecule has 8 nitrogen and oxygen atoms in total. The van der Waals surface area contributed by atoms with E-state index in [2.05, 4.69) is 20.5 Å². The molecule has 172 valence electrons. The first-order valence-electron chi connectivity index (χ1n) is 9.69. The number of hydrogen-bond acceptors (Lipinski definition) is 6. The highest BCUT2D eigenvalue weighted by Crippen LogP contribution is 2.24. The Morgan fingerprint density at radius 3 is 2.33 bits per heavy atom. The standard InChI is InChI=1S/C20H34N4O4S.HI/c1-20(2,29(6,25)26)14-22-19(21-3)23-16-7-8-24(13-16)12-15-9-17(27-4)11-18(10-15)28-5;/h9-11,16H,7-8,12-14H2,1-6H3,(H2,21,22,23);1H. The topological polar surface area (TPSA) is 92.3 Å². The van der Waals surface area contributed by atoms with E-state index in [1.165, 1.54) is 6.26 Å². The molecule has 10 heteroatoms. The van der Waals surface area contributed by atoms with Gasteiger partial charge in [0, 0.05) is 51.6 Å². The van der Waals surface area contributed by atoms with Crippen molar-refractivity contribution < 1.29 is 17.9 Å². The monoisotopic (exact) mass is 554 g/mol. The van der Waals surface area contributed by atoms with E-state index in [1.807, 2.05) is 18.2 Å². The molecule has 1 aliphatic heterocycles. The van der Waals surface area contributed by atoms with Crippen LogP contribution in [0.5, 0.6) is 11.5 Å². The number of ether oxygens (including phenoxy) is 2. The van der Waals surface area contributed by atoms with Crippen molar-refractivity contribution in [1.82, 2.24) is 15.5 Å². The van der Waals surface area contributed by atoms with E-state index < -0.39 is 14.6 Å². The first-order valence-corrected chi connectivity index (χ1v) is 11.6. The Bertz CT molecular complexity index is 808. The SMILES string of the molecule is CN=C(NCC(C)(C)S(C)(=O)=O)NC1CCN(Cc2cc(OC)cc(OC)c2)C1.I. The Labute approximate surface area is 197 Å². The fourth-order valence-corrected chi connectivity index (χ4v) is 3.46. The van der Waals surface area contributed by atoms with Crippen LogP contribution in [-0.2, 0) is 16.4 Å². The van der Waals surface area contributed by atoms with Gasteiger partial charge < -0.3 is 20.1 Å². The second-order valence-electron chi connectivity index (χ2n) is 8.04. The summed E-state index contributed by atoms with van der Waals surface area (Å²) in [4.78, 5) is 6.60. The van der Waals surface area contributed by atoms with Gasteiger partial charge in [0.25, 0.3) is 0 Å². The van der Waals surface area contributed by atoms with Crippen LogP contribution in [0.15, 0.2) is 23.2 Å². The van der Waals surface area contributed by atoms with Crippen molar-refractivity contribution >= 4 is 39.8 Å². The number of guanidine groups is 1. The summed E-state index contributed by atoms with van der Waals surface area (Å²) >= 11 is 0. The van der Waals surface area contributed by atoms with Crippen LogP contribution in [0.4, 0.5) is 0 Å². The predicted octanol–water partition coefficient (Wildman–Crippen LogP) is 1.88. The fraction of sp³-hybridized carbons (Fsp3) is 0.650. The van der Waals surface area contributed by atoms with E-state index in [4.69, 9.17) is 9.47 Å². The van der Waals surface area contributed by atoms with E-state index in [9.17, 15) is 8.42 Å². The number of nitrogens with zero attached hydrogens (tertiary/aromatic N) is 2. The molecule has 1 unspecified atom stereocenters. The first kappa shape index (κ1) is 26.8. The molecule has 1 aromatic carbocycles. The van der Waals surface area contributed by atoms with Crippen LogP contribution >= 0.6 is 24.0 Å². The molecule has 0 bridgehead atoms. The summed E-state index contributed by atoms with van der Waals surface area (Å²) in [6, 6.07) is 6.16. The smallest absolute Gasteiger partial charge is 0.191 e. The number of sulfone groups is 1. The third kappa shape index (κ3) is 7.45. The molecule has 0 amide bonds. The van der Waals surface area contributed by atoms with Gasteiger partial charge >= 0.3 is 0 Å². The lowest BCUT2D eigenvalue weighted by Gasteiger charge is -2.25. The molecule has 0 radical (unpaired) electrons. The van der Waals surface area contributed by atoms with Crippen LogP contribution in [0.3, 0.4) is 0 Å². The summed E-state index contributed by atoms with van der Waals surface area (Å²) in [5, 5.41) is 6.55. The van der Waals surface area contributed by atoms with Gasteiger partial charge in [0.1, 0.15) is 11.5 Å². The largest absolute Gasteiger partial charge is 0.497 e. The normalized spacial score (nSPS) is 17.9. The van der Waals surface area contributed by atoms with Crippen LogP contribution < -0.4 is 20.1 Å². The van der Waals surface area contributed by atoms with Crippen LogP contribution in [-0.4, -0.2) is 77.2 Å².